The van der Waals surface area contributed by atoms with Crippen LogP contribution >= 0.6 is 0 Å². The van der Waals surface area contributed by atoms with Crippen molar-refractivity contribution < 1.29 is 36.9 Å². The number of carbonyl (C=O) groups is 2. The molecule has 1 radical (unpaired) electrons. The summed E-state index contributed by atoms with van der Waals surface area (Å²) in [5, 5.41) is 20.5. The third kappa shape index (κ3) is 57.1. The molecule has 0 spiro atoms. The molecule has 0 aromatic carbocycles. The van der Waals surface area contributed by atoms with Gasteiger partial charge in [0.1, 0.15) is 0 Å². The minimum absolute atomic E-state index is 0. The smallest absolute Gasteiger partial charge is 0.550 e. The number of hydrogen-bond donors (Lipinski definition) is 0. The van der Waals surface area contributed by atoms with Gasteiger partial charge in [-0.3, -0.25) is 0 Å². The third-order valence-corrected chi connectivity index (χ3v) is 9.97. The Hall–Kier alpha value is -0.541. The SMILES string of the molecule is CCCCCCCCCCCCCCCCCCCCCC(=O)[O-].CCCCCCCCCCCCCCCCCCCCCC(=O)[O-].[Cu+2]. The first-order chi connectivity index (χ1) is 23.5. The molecule has 0 aliphatic rings. The van der Waals surface area contributed by atoms with Gasteiger partial charge in [-0.25, -0.2) is 0 Å². The molecule has 0 fully saturated rings. The van der Waals surface area contributed by atoms with Crippen molar-refractivity contribution in [1.82, 2.24) is 0 Å². The predicted molar refractivity (Wildman–Crippen MR) is 206 cm³/mol. The van der Waals surface area contributed by atoms with Crippen LogP contribution in [0.5, 0.6) is 0 Å². The molecule has 297 valence electrons. The molecule has 0 amide bonds. The van der Waals surface area contributed by atoms with Crippen molar-refractivity contribution in [1.29, 1.82) is 0 Å². The summed E-state index contributed by atoms with van der Waals surface area (Å²) in [4.78, 5) is 20.5. The van der Waals surface area contributed by atoms with Crippen LogP contribution in [0.15, 0.2) is 0 Å². The summed E-state index contributed by atoms with van der Waals surface area (Å²) in [6, 6.07) is 0. The molecule has 5 heteroatoms. The number of carboxylic acid groups (broad SMARTS) is 2. The molecule has 0 aliphatic heterocycles. The third-order valence-electron chi connectivity index (χ3n) is 9.97. The summed E-state index contributed by atoms with van der Waals surface area (Å²) in [6.07, 6.45) is 51.5. The van der Waals surface area contributed by atoms with Crippen LogP contribution in [0.25, 0.3) is 0 Å². The van der Waals surface area contributed by atoms with Crippen molar-refractivity contribution in [3.63, 3.8) is 0 Å². The first-order valence-electron chi connectivity index (χ1n) is 21.9. The summed E-state index contributed by atoms with van der Waals surface area (Å²) in [5.41, 5.74) is 0. The second-order valence-corrected chi connectivity index (χ2v) is 15.0. The van der Waals surface area contributed by atoms with E-state index in [1.54, 1.807) is 0 Å². The first kappa shape index (κ1) is 52.8. The molecule has 49 heavy (non-hydrogen) atoms. The summed E-state index contributed by atoms with van der Waals surface area (Å²) in [7, 11) is 0. The van der Waals surface area contributed by atoms with Crippen LogP contribution in [0.4, 0.5) is 0 Å². The van der Waals surface area contributed by atoms with Gasteiger partial charge < -0.3 is 19.8 Å². The summed E-state index contributed by atoms with van der Waals surface area (Å²) in [5.74, 6) is -1.80. The Morgan fingerprint density at radius 1 is 0.265 bits per heavy atom. The van der Waals surface area contributed by atoms with Crippen molar-refractivity contribution in [3.8, 4) is 0 Å². The van der Waals surface area contributed by atoms with Gasteiger partial charge in [0.05, 0.1) is 0 Å². The molecule has 0 heterocycles. The van der Waals surface area contributed by atoms with Crippen LogP contribution in [0.3, 0.4) is 0 Å². The van der Waals surface area contributed by atoms with E-state index in [4.69, 9.17) is 0 Å². The number of carboxylic acids is 2. The van der Waals surface area contributed by atoms with Crippen LogP contribution < -0.4 is 10.2 Å². The van der Waals surface area contributed by atoms with E-state index in [-0.39, 0.29) is 29.9 Å². The van der Waals surface area contributed by atoms with Crippen molar-refractivity contribution >= 4 is 11.9 Å². The monoisotopic (exact) mass is 742 g/mol. The van der Waals surface area contributed by atoms with Crippen molar-refractivity contribution in [2.45, 2.75) is 271 Å². The number of aliphatic carboxylic acids is 2. The van der Waals surface area contributed by atoms with Gasteiger partial charge in [-0.15, -0.1) is 0 Å². The average Bonchev–Trinajstić information content (AvgIpc) is 3.07. The fourth-order valence-electron chi connectivity index (χ4n) is 6.70. The second kappa shape index (κ2) is 49.6. The van der Waals surface area contributed by atoms with E-state index in [9.17, 15) is 19.8 Å². The van der Waals surface area contributed by atoms with E-state index in [0.717, 1.165) is 25.7 Å². The molecule has 0 rings (SSSR count). The molecule has 0 saturated heterocycles. The Bertz CT molecular complexity index is 560. The summed E-state index contributed by atoms with van der Waals surface area (Å²) < 4.78 is 0. The molecular formula is C44H86CuO4. The topological polar surface area (TPSA) is 80.3 Å². The zero-order valence-corrected chi connectivity index (χ0v) is 34.2. The van der Waals surface area contributed by atoms with E-state index < -0.39 is 11.9 Å². The minimum Gasteiger partial charge on any atom is -0.550 e. The Labute approximate surface area is 318 Å². The fourth-order valence-corrected chi connectivity index (χ4v) is 6.70. The van der Waals surface area contributed by atoms with Crippen molar-refractivity contribution in [2.24, 2.45) is 0 Å². The van der Waals surface area contributed by atoms with Gasteiger partial charge >= 0.3 is 17.1 Å². The number of hydrogen-bond acceptors (Lipinski definition) is 4. The Morgan fingerprint density at radius 2 is 0.388 bits per heavy atom. The van der Waals surface area contributed by atoms with Gasteiger partial charge in [0.2, 0.25) is 0 Å². The van der Waals surface area contributed by atoms with Gasteiger partial charge in [-0.05, 0) is 25.7 Å². The van der Waals surface area contributed by atoms with E-state index in [1.807, 2.05) is 0 Å². The van der Waals surface area contributed by atoms with Crippen LogP contribution in [-0.4, -0.2) is 11.9 Å². The molecule has 0 saturated carbocycles. The molecule has 0 atom stereocenters. The zero-order valence-electron chi connectivity index (χ0n) is 33.2. The molecular weight excluding hydrogens is 656 g/mol. The standard InChI is InChI=1S/2C22H44O2.Cu/c2*1-2-3-4-5-6-7-8-9-10-11-12-13-14-15-16-17-18-19-20-21-22(23)24;/h2*2-21H2,1H3,(H,23,24);/q;;+2/p-2. The van der Waals surface area contributed by atoms with E-state index in [0.29, 0.717) is 0 Å². The van der Waals surface area contributed by atoms with Crippen molar-refractivity contribution in [2.75, 3.05) is 0 Å². The number of unbranched alkanes of at least 4 members (excludes halogenated alkanes) is 36. The Kier molecular flexibility index (Phi) is 53.4. The maximum absolute atomic E-state index is 10.3. The van der Waals surface area contributed by atoms with E-state index in [1.165, 1.54) is 218 Å². The van der Waals surface area contributed by atoms with Crippen LogP contribution in [0, 0.1) is 0 Å². The molecule has 0 aromatic heterocycles. The van der Waals surface area contributed by atoms with Gasteiger partial charge in [0.25, 0.3) is 0 Å². The van der Waals surface area contributed by atoms with Crippen LogP contribution in [-0.2, 0) is 26.7 Å². The van der Waals surface area contributed by atoms with E-state index in [2.05, 4.69) is 13.8 Å². The molecule has 0 aliphatic carbocycles. The zero-order chi connectivity index (χ0) is 35.4. The maximum Gasteiger partial charge on any atom is 2.00 e. The maximum atomic E-state index is 10.3. The van der Waals surface area contributed by atoms with E-state index >= 15 is 0 Å². The molecule has 0 aromatic rings. The molecule has 0 N–H and O–H groups in total. The van der Waals surface area contributed by atoms with Gasteiger partial charge in [-0.2, -0.15) is 0 Å². The Morgan fingerprint density at radius 3 is 0.510 bits per heavy atom. The quantitative estimate of drug-likeness (QED) is 0.0462. The molecule has 0 bridgehead atoms. The predicted octanol–water partition coefficient (Wildman–Crippen LogP) is 13.1. The fraction of sp³-hybridized carbons (Fsp3) is 0.955. The van der Waals surface area contributed by atoms with Crippen LogP contribution in [0.2, 0.25) is 0 Å². The van der Waals surface area contributed by atoms with Gasteiger partial charge in [0.15, 0.2) is 0 Å². The normalized spacial score (nSPS) is 10.8. The summed E-state index contributed by atoms with van der Waals surface area (Å²) >= 11 is 0. The summed E-state index contributed by atoms with van der Waals surface area (Å²) in [6.45, 7) is 4.56. The Balaban J connectivity index is -0.000000846. The van der Waals surface area contributed by atoms with Gasteiger partial charge in [0, 0.05) is 11.9 Å². The number of rotatable bonds is 40. The first-order valence-corrected chi connectivity index (χ1v) is 21.9. The van der Waals surface area contributed by atoms with Gasteiger partial charge in [-0.1, -0.05) is 245 Å². The molecule has 0 unspecified atom stereocenters. The largest absolute Gasteiger partial charge is 2.00 e. The second-order valence-electron chi connectivity index (χ2n) is 15.0. The van der Waals surface area contributed by atoms with Crippen LogP contribution in [0.1, 0.15) is 271 Å². The van der Waals surface area contributed by atoms with Crippen molar-refractivity contribution in [3.05, 3.63) is 0 Å². The molecule has 4 nitrogen and oxygen atoms in total. The average molecular weight is 743 g/mol. The minimum atomic E-state index is -0.901. The number of carbonyl (C=O) groups excluding carboxylic acids is 2.